The number of benzene rings is 1. The SMILES string of the molecule is CC(C)[C@H](OC(=O)c1sc2cc(Cl)ccc2c1Cl)C(=O)NC(N)=O. The molecule has 9 heteroatoms. The zero-order valence-electron chi connectivity index (χ0n) is 12.8. The van der Waals surface area contributed by atoms with Crippen molar-refractivity contribution in [3.05, 3.63) is 33.1 Å². The highest BCUT2D eigenvalue weighted by molar-refractivity contribution is 7.21. The highest BCUT2D eigenvalue weighted by Gasteiger charge is 2.29. The Morgan fingerprint density at radius 1 is 1.25 bits per heavy atom. The molecule has 6 nitrogen and oxygen atoms in total. The van der Waals surface area contributed by atoms with Gasteiger partial charge in [0.2, 0.25) is 0 Å². The molecule has 0 aliphatic rings. The van der Waals surface area contributed by atoms with Gasteiger partial charge in [-0.25, -0.2) is 9.59 Å². The molecule has 0 aliphatic carbocycles. The largest absolute Gasteiger partial charge is 0.448 e. The van der Waals surface area contributed by atoms with Crippen molar-refractivity contribution in [1.82, 2.24) is 5.32 Å². The van der Waals surface area contributed by atoms with E-state index in [0.717, 1.165) is 16.0 Å². The summed E-state index contributed by atoms with van der Waals surface area (Å²) in [5.74, 6) is -1.90. The van der Waals surface area contributed by atoms with Gasteiger partial charge in [0.25, 0.3) is 5.91 Å². The Balaban J connectivity index is 2.28. The third-order valence-electron chi connectivity index (χ3n) is 3.12. The summed E-state index contributed by atoms with van der Waals surface area (Å²) in [6.45, 7) is 3.34. The van der Waals surface area contributed by atoms with Crippen LogP contribution in [0.15, 0.2) is 18.2 Å². The molecule has 0 spiro atoms. The van der Waals surface area contributed by atoms with Crippen molar-refractivity contribution < 1.29 is 19.1 Å². The Kier molecular flexibility index (Phi) is 5.69. The van der Waals surface area contributed by atoms with Gasteiger partial charge >= 0.3 is 12.0 Å². The molecule has 0 aliphatic heterocycles. The van der Waals surface area contributed by atoms with Crippen LogP contribution in [-0.4, -0.2) is 24.0 Å². The lowest BCUT2D eigenvalue weighted by Gasteiger charge is -2.19. The number of hydrogen-bond acceptors (Lipinski definition) is 5. The molecular weight excluding hydrogens is 375 g/mol. The first-order valence-corrected chi connectivity index (χ1v) is 8.46. The Bertz CT molecular complexity index is 819. The summed E-state index contributed by atoms with van der Waals surface area (Å²) in [7, 11) is 0. The van der Waals surface area contributed by atoms with Crippen molar-refractivity contribution in [3.63, 3.8) is 0 Å². The molecule has 0 fully saturated rings. The molecule has 1 aromatic carbocycles. The lowest BCUT2D eigenvalue weighted by molar-refractivity contribution is -0.130. The topological polar surface area (TPSA) is 98.5 Å². The summed E-state index contributed by atoms with van der Waals surface area (Å²) in [6, 6.07) is 4.03. The number of urea groups is 1. The van der Waals surface area contributed by atoms with Gasteiger partial charge in [-0.05, 0) is 18.1 Å². The van der Waals surface area contributed by atoms with Crippen LogP contribution in [0.4, 0.5) is 4.79 Å². The standard InChI is InChI=1S/C15H14Cl2N2O4S/c1-6(2)11(13(20)19-15(18)22)23-14(21)12-10(17)8-4-3-7(16)5-9(8)24-12/h3-6,11H,1-2H3,(H3,18,19,20,22)/t11-/m0/s1. The smallest absolute Gasteiger partial charge is 0.350 e. The second-order valence-electron chi connectivity index (χ2n) is 5.31. The van der Waals surface area contributed by atoms with Crippen molar-refractivity contribution in [2.75, 3.05) is 0 Å². The van der Waals surface area contributed by atoms with Crippen LogP contribution < -0.4 is 11.1 Å². The molecule has 3 N–H and O–H groups in total. The van der Waals surface area contributed by atoms with Crippen molar-refractivity contribution in [2.45, 2.75) is 20.0 Å². The molecule has 24 heavy (non-hydrogen) atoms. The van der Waals surface area contributed by atoms with Crippen LogP contribution in [-0.2, 0) is 9.53 Å². The third kappa shape index (κ3) is 3.98. The van der Waals surface area contributed by atoms with Crippen LogP contribution in [0.3, 0.4) is 0 Å². The van der Waals surface area contributed by atoms with E-state index in [0.29, 0.717) is 10.4 Å². The number of fused-ring (bicyclic) bond motifs is 1. The first kappa shape index (κ1) is 18.5. The molecule has 0 saturated heterocycles. The quantitative estimate of drug-likeness (QED) is 0.781. The van der Waals surface area contributed by atoms with Crippen molar-refractivity contribution >= 4 is 62.5 Å². The van der Waals surface area contributed by atoms with Crippen molar-refractivity contribution in [3.8, 4) is 0 Å². The third-order valence-corrected chi connectivity index (χ3v) is 4.99. The van der Waals surface area contributed by atoms with Gasteiger partial charge in [-0.3, -0.25) is 10.1 Å². The van der Waals surface area contributed by atoms with Gasteiger partial charge < -0.3 is 10.5 Å². The number of halogens is 2. The van der Waals surface area contributed by atoms with Gasteiger partial charge in [-0.15, -0.1) is 11.3 Å². The van der Waals surface area contributed by atoms with E-state index in [2.05, 4.69) is 0 Å². The fraction of sp³-hybridized carbons (Fsp3) is 0.267. The fourth-order valence-electron chi connectivity index (χ4n) is 2.02. The maximum absolute atomic E-state index is 12.4. The van der Waals surface area contributed by atoms with E-state index >= 15 is 0 Å². The molecule has 0 bridgehead atoms. The van der Waals surface area contributed by atoms with E-state index in [1.54, 1.807) is 32.0 Å². The molecule has 0 unspecified atom stereocenters. The minimum Gasteiger partial charge on any atom is -0.448 e. The lowest BCUT2D eigenvalue weighted by atomic mass is 10.1. The zero-order valence-corrected chi connectivity index (χ0v) is 15.1. The molecule has 2 rings (SSSR count). The molecule has 1 atom stereocenters. The molecule has 128 valence electrons. The number of hydrogen-bond donors (Lipinski definition) is 2. The van der Waals surface area contributed by atoms with E-state index in [9.17, 15) is 14.4 Å². The number of carbonyl (C=O) groups is 3. The maximum Gasteiger partial charge on any atom is 0.350 e. The van der Waals surface area contributed by atoms with Gasteiger partial charge in [0.15, 0.2) is 6.10 Å². The second-order valence-corrected chi connectivity index (χ2v) is 7.18. The number of primary amides is 1. The van der Waals surface area contributed by atoms with E-state index in [1.165, 1.54) is 0 Å². The number of imide groups is 1. The van der Waals surface area contributed by atoms with Gasteiger partial charge in [-0.1, -0.05) is 43.1 Å². The average Bonchev–Trinajstić information content (AvgIpc) is 2.79. The van der Waals surface area contributed by atoms with Crippen molar-refractivity contribution in [1.29, 1.82) is 0 Å². The minimum absolute atomic E-state index is 0.159. The Labute approximate surface area is 151 Å². The van der Waals surface area contributed by atoms with Gasteiger partial charge in [0, 0.05) is 15.1 Å². The van der Waals surface area contributed by atoms with Crippen LogP contribution in [0, 0.1) is 5.92 Å². The van der Waals surface area contributed by atoms with E-state index in [-0.39, 0.29) is 15.8 Å². The molecule has 0 radical (unpaired) electrons. The molecule has 1 heterocycles. The summed E-state index contributed by atoms with van der Waals surface area (Å²) >= 11 is 13.3. The van der Waals surface area contributed by atoms with E-state index in [4.69, 9.17) is 33.7 Å². The number of ether oxygens (including phenoxy) is 1. The molecular formula is C15H14Cl2N2O4S. The number of carbonyl (C=O) groups excluding carboxylic acids is 3. The van der Waals surface area contributed by atoms with Gasteiger partial charge in [-0.2, -0.15) is 0 Å². The summed E-state index contributed by atoms with van der Waals surface area (Å²) in [5.41, 5.74) is 4.92. The first-order valence-electron chi connectivity index (χ1n) is 6.89. The Morgan fingerprint density at radius 2 is 1.92 bits per heavy atom. The predicted octanol–water partition coefficient (Wildman–Crippen LogP) is 3.58. The van der Waals surface area contributed by atoms with Crippen molar-refractivity contribution in [2.24, 2.45) is 11.7 Å². The fourth-order valence-corrected chi connectivity index (χ4v) is 3.69. The average molecular weight is 389 g/mol. The molecule has 3 amide bonds. The second kappa shape index (κ2) is 7.38. The van der Waals surface area contributed by atoms with Crippen LogP contribution >= 0.6 is 34.5 Å². The van der Waals surface area contributed by atoms with Crippen LogP contribution in [0.1, 0.15) is 23.5 Å². The summed E-state index contributed by atoms with van der Waals surface area (Å²) in [5, 5.41) is 3.32. The number of rotatable bonds is 4. The predicted molar refractivity (Wildman–Crippen MR) is 93.6 cm³/mol. The summed E-state index contributed by atoms with van der Waals surface area (Å²) in [4.78, 5) is 35.3. The Hall–Kier alpha value is -1.83. The maximum atomic E-state index is 12.4. The Morgan fingerprint density at radius 3 is 2.50 bits per heavy atom. The van der Waals surface area contributed by atoms with Gasteiger partial charge in [0.05, 0.1) is 5.02 Å². The lowest BCUT2D eigenvalue weighted by Crippen LogP contribution is -2.45. The first-order chi connectivity index (χ1) is 11.2. The van der Waals surface area contributed by atoms with Crippen LogP contribution in [0.25, 0.3) is 10.1 Å². The zero-order chi connectivity index (χ0) is 18.0. The number of nitrogens with one attached hydrogen (secondary N) is 1. The highest BCUT2D eigenvalue weighted by Crippen LogP contribution is 2.37. The monoisotopic (exact) mass is 388 g/mol. The highest BCUT2D eigenvalue weighted by atomic mass is 35.5. The normalized spacial score (nSPS) is 12.2. The van der Waals surface area contributed by atoms with E-state index in [1.807, 2.05) is 5.32 Å². The number of nitrogens with two attached hydrogens (primary N) is 1. The molecule has 2 aromatic rings. The van der Waals surface area contributed by atoms with Gasteiger partial charge in [0.1, 0.15) is 4.88 Å². The number of esters is 1. The number of amides is 3. The number of thiophene rings is 1. The molecule has 1 aromatic heterocycles. The van der Waals surface area contributed by atoms with Crippen LogP contribution in [0.2, 0.25) is 10.0 Å². The molecule has 0 saturated carbocycles. The summed E-state index contributed by atoms with van der Waals surface area (Å²) < 4.78 is 5.96. The summed E-state index contributed by atoms with van der Waals surface area (Å²) in [6.07, 6.45) is -1.17. The van der Waals surface area contributed by atoms with E-state index < -0.39 is 24.0 Å². The minimum atomic E-state index is -1.17. The van der Waals surface area contributed by atoms with Crippen LogP contribution in [0.5, 0.6) is 0 Å².